The van der Waals surface area contributed by atoms with Gasteiger partial charge < -0.3 is 15.1 Å². The summed E-state index contributed by atoms with van der Waals surface area (Å²) in [5, 5.41) is 3.62. The zero-order valence-corrected chi connectivity index (χ0v) is 12.0. The third kappa shape index (κ3) is 3.67. The molecular formula is C14H29N3. The van der Waals surface area contributed by atoms with E-state index in [1.165, 1.54) is 38.9 Å². The number of likely N-dealkylation sites (tertiary alicyclic amines) is 1. The first-order chi connectivity index (χ1) is 7.96. The van der Waals surface area contributed by atoms with Crippen molar-refractivity contribution in [1.29, 1.82) is 0 Å². The molecule has 0 saturated carbocycles. The Morgan fingerprint density at radius 2 is 2.18 bits per heavy atom. The molecule has 2 rings (SSSR count). The number of rotatable bonds is 3. The van der Waals surface area contributed by atoms with E-state index in [4.69, 9.17) is 0 Å². The van der Waals surface area contributed by atoms with Gasteiger partial charge in [0.15, 0.2) is 0 Å². The second-order valence-electron chi connectivity index (χ2n) is 6.83. The van der Waals surface area contributed by atoms with Crippen LogP contribution in [-0.2, 0) is 0 Å². The first-order valence-electron chi connectivity index (χ1n) is 7.10. The summed E-state index contributed by atoms with van der Waals surface area (Å²) < 4.78 is 0. The highest BCUT2D eigenvalue weighted by Gasteiger charge is 2.33. The predicted molar refractivity (Wildman–Crippen MR) is 73.3 cm³/mol. The minimum Gasteiger partial charge on any atom is -0.310 e. The van der Waals surface area contributed by atoms with Gasteiger partial charge in [-0.05, 0) is 59.7 Å². The Morgan fingerprint density at radius 3 is 2.76 bits per heavy atom. The lowest BCUT2D eigenvalue weighted by Crippen LogP contribution is -2.42. The largest absolute Gasteiger partial charge is 0.310 e. The van der Waals surface area contributed by atoms with Crippen molar-refractivity contribution in [2.75, 3.05) is 40.3 Å². The zero-order chi connectivity index (χ0) is 12.5. The van der Waals surface area contributed by atoms with E-state index in [1.807, 2.05) is 0 Å². The second-order valence-corrected chi connectivity index (χ2v) is 6.83. The molecule has 1 N–H and O–H groups in total. The number of hydrogen-bond donors (Lipinski definition) is 1. The van der Waals surface area contributed by atoms with Gasteiger partial charge >= 0.3 is 0 Å². The van der Waals surface area contributed by atoms with E-state index >= 15 is 0 Å². The van der Waals surface area contributed by atoms with Crippen molar-refractivity contribution in [3.8, 4) is 0 Å². The molecule has 2 unspecified atom stereocenters. The summed E-state index contributed by atoms with van der Waals surface area (Å²) in [5.41, 5.74) is 0.336. The van der Waals surface area contributed by atoms with Gasteiger partial charge in [0.25, 0.3) is 0 Å². The van der Waals surface area contributed by atoms with Crippen LogP contribution in [0.4, 0.5) is 0 Å². The second kappa shape index (κ2) is 5.25. The van der Waals surface area contributed by atoms with Crippen LogP contribution < -0.4 is 5.32 Å². The van der Waals surface area contributed by atoms with Gasteiger partial charge in [0.2, 0.25) is 0 Å². The van der Waals surface area contributed by atoms with Crippen LogP contribution in [0.15, 0.2) is 0 Å². The van der Waals surface area contributed by atoms with Crippen molar-refractivity contribution in [3.63, 3.8) is 0 Å². The molecule has 0 bridgehead atoms. The summed E-state index contributed by atoms with van der Waals surface area (Å²) in [6, 6.07) is 0.734. The molecule has 3 heteroatoms. The number of nitrogens with zero attached hydrogens (tertiary/aromatic N) is 2. The SMILES string of the molecule is CN1CCCC(CN(C)C2CNC(C)(C)C2)C1. The summed E-state index contributed by atoms with van der Waals surface area (Å²) in [7, 11) is 4.56. The van der Waals surface area contributed by atoms with Crippen molar-refractivity contribution < 1.29 is 0 Å². The number of nitrogens with one attached hydrogen (secondary N) is 1. The lowest BCUT2D eigenvalue weighted by atomic mass is 9.96. The van der Waals surface area contributed by atoms with Gasteiger partial charge in [-0.3, -0.25) is 0 Å². The molecule has 3 nitrogen and oxygen atoms in total. The zero-order valence-electron chi connectivity index (χ0n) is 12.0. The fourth-order valence-electron chi connectivity index (χ4n) is 3.42. The third-order valence-electron chi connectivity index (χ3n) is 4.45. The third-order valence-corrected chi connectivity index (χ3v) is 4.45. The van der Waals surface area contributed by atoms with Crippen molar-refractivity contribution in [1.82, 2.24) is 15.1 Å². The van der Waals surface area contributed by atoms with Gasteiger partial charge in [-0.2, -0.15) is 0 Å². The molecule has 2 fully saturated rings. The summed E-state index contributed by atoms with van der Waals surface area (Å²) in [6.45, 7) is 9.63. The summed E-state index contributed by atoms with van der Waals surface area (Å²) in [6.07, 6.45) is 4.08. The monoisotopic (exact) mass is 239 g/mol. The molecule has 2 aliphatic heterocycles. The minimum atomic E-state index is 0.336. The molecule has 100 valence electrons. The van der Waals surface area contributed by atoms with Crippen LogP contribution in [0.3, 0.4) is 0 Å². The van der Waals surface area contributed by atoms with Gasteiger partial charge in [-0.25, -0.2) is 0 Å². The van der Waals surface area contributed by atoms with Gasteiger partial charge in [0, 0.05) is 31.2 Å². The fourth-order valence-corrected chi connectivity index (χ4v) is 3.42. The first-order valence-corrected chi connectivity index (χ1v) is 7.10. The number of piperidine rings is 1. The average molecular weight is 239 g/mol. The molecule has 2 aliphatic rings. The highest BCUT2D eigenvalue weighted by atomic mass is 15.2. The van der Waals surface area contributed by atoms with E-state index in [1.54, 1.807) is 0 Å². The van der Waals surface area contributed by atoms with Crippen LogP contribution >= 0.6 is 0 Å². The Morgan fingerprint density at radius 1 is 1.41 bits per heavy atom. The minimum absolute atomic E-state index is 0.336. The van der Waals surface area contributed by atoms with Crippen LogP contribution in [-0.4, -0.2) is 61.7 Å². The molecule has 2 atom stereocenters. The molecule has 2 saturated heterocycles. The van der Waals surface area contributed by atoms with Crippen molar-refractivity contribution in [2.45, 2.75) is 44.7 Å². The Balaban J connectivity index is 1.79. The van der Waals surface area contributed by atoms with Gasteiger partial charge in [-0.15, -0.1) is 0 Å². The molecule has 0 amide bonds. The molecule has 0 aromatic heterocycles. The Kier molecular flexibility index (Phi) is 4.11. The summed E-state index contributed by atoms with van der Waals surface area (Å²) >= 11 is 0. The Hall–Kier alpha value is -0.120. The van der Waals surface area contributed by atoms with E-state index in [9.17, 15) is 0 Å². The van der Waals surface area contributed by atoms with Crippen LogP contribution in [0, 0.1) is 5.92 Å². The number of likely N-dealkylation sites (N-methyl/N-ethyl adjacent to an activating group) is 1. The Labute approximate surface area is 107 Å². The standard InChI is InChI=1S/C14H29N3/c1-14(2)8-13(9-15-14)17(4)11-12-6-5-7-16(3)10-12/h12-13,15H,5-11H2,1-4H3. The topological polar surface area (TPSA) is 18.5 Å². The molecule has 0 aliphatic carbocycles. The normalized spacial score (nSPS) is 34.4. The molecule has 0 radical (unpaired) electrons. The van der Waals surface area contributed by atoms with E-state index in [0.29, 0.717) is 5.54 Å². The maximum absolute atomic E-state index is 3.62. The maximum Gasteiger partial charge on any atom is 0.0235 e. The average Bonchev–Trinajstić information content (AvgIpc) is 2.59. The Bertz CT molecular complexity index is 252. The number of hydrogen-bond acceptors (Lipinski definition) is 3. The van der Waals surface area contributed by atoms with Gasteiger partial charge in [0.1, 0.15) is 0 Å². The fraction of sp³-hybridized carbons (Fsp3) is 1.00. The van der Waals surface area contributed by atoms with E-state index in [2.05, 4.69) is 43.1 Å². The molecule has 2 heterocycles. The summed E-state index contributed by atoms with van der Waals surface area (Å²) in [4.78, 5) is 5.07. The van der Waals surface area contributed by atoms with E-state index in [0.717, 1.165) is 18.5 Å². The highest BCUT2D eigenvalue weighted by Crippen LogP contribution is 2.23. The van der Waals surface area contributed by atoms with Crippen molar-refractivity contribution in [2.24, 2.45) is 5.92 Å². The lowest BCUT2D eigenvalue weighted by molar-refractivity contribution is 0.144. The van der Waals surface area contributed by atoms with Crippen LogP contribution in [0.2, 0.25) is 0 Å². The lowest BCUT2D eigenvalue weighted by Gasteiger charge is -2.34. The predicted octanol–water partition coefficient (Wildman–Crippen LogP) is 1.40. The van der Waals surface area contributed by atoms with E-state index in [-0.39, 0.29) is 0 Å². The molecular weight excluding hydrogens is 210 g/mol. The first kappa shape index (κ1) is 13.3. The highest BCUT2D eigenvalue weighted by molar-refractivity contribution is 4.94. The van der Waals surface area contributed by atoms with Crippen molar-refractivity contribution in [3.05, 3.63) is 0 Å². The van der Waals surface area contributed by atoms with Crippen LogP contribution in [0.5, 0.6) is 0 Å². The smallest absolute Gasteiger partial charge is 0.0235 e. The molecule has 0 aromatic carbocycles. The van der Waals surface area contributed by atoms with Crippen LogP contribution in [0.25, 0.3) is 0 Å². The van der Waals surface area contributed by atoms with E-state index < -0.39 is 0 Å². The molecule has 17 heavy (non-hydrogen) atoms. The molecule has 0 spiro atoms. The van der Waals surface area contributed by atoms with Crippen LogP contribution in [0.1, 0.15) is 33.1 Å². The van der Waals surface area contributed by atoms with Crippen molar-refractivity contribution >= 4 is 0 Å². The molecule has 0 aromatic rings. The maximum atomic E-state index is 3.62. The van der Waals surface area contributed by atoms with Gasteiger partial charge in [0.05, 0.1) is 0 Å². The van der Waals surface area contributed by atoms with Gasteiger partial charge in [-0.1, -0.05) is 0 Å². The summed E-state index contributed by atoms with van der Waals surface area (Å²) in [5.74, 6) is 0.877. The quantitative estimate of drug-likeness (QED) is 0.803.